The minimum atomic E-state index is -0.634. The van der Waals surface area contributed by atoms with Crippen molar-refractivity contribution in [2.24, 2.45) is 0 Å². The van der Waals surface area contributed by atoms with Crippen LogP contribution in [0.15, 0.2) is 142 Å². The first-order valence-electron chi connectivity index (χ1n) is 25.9. The molecule has 0 aliphatic carbocycles. The lowest BCUT2D eigenvalue weighted by Crippen LogP contribution is -2.44. The average Bonchev–Trinajstić information content (AvgIpc) is 3.52. The van der Waals surface area contributed by atoms with Gasteiger partial charge in [-0.3, -0.25) is 33.7 Å². The maximum absolute atomic E-state index is 14.2. The fourth-order valence-electron chi connectivity index (χ4n) is 8.09. The topological polar surface area (TPSA) is 273 Å². The highest BCUT2D eigenvalue weighted by atomic mass is 16.5. The molecule has 3 heterocycles. The molecule has 0 atom stereocenters. The van der Waals surface area contributed by atoms with Crippen LogP contribution in [-0.2, 0) is 53.7 Å². The SMILES string of the molecule is O=C(NCCN(CCNC(=O)c1c(OCc2ccccc2)c(=O)ccn1CCOCCO)CCNC(=O)c1c(OCc2ccccc2)c(=O)ccn1CCOCCO)c1c(OCc2ccccc2)c(=O)ccn1CCOCCO. The van der Waals surface area contributed by atoms with Crippen LogP contribution in [0.4, 0.5) is 0 Å². The molecule has 22 heteroatoms. The Bertz CT molecular complexity index is 2690. The summed E-state index contributed by atoms with van der Waals surface area (Å²) in [5.41, 5.74) is 0.577. The van der Waals surface area contributed by atoms with Crippen LogP contribution in [0.5, 0.6) is 17.2 Å². The lowest BCUT2D eigenvalue weighted by atomic mass is 10.2. The molecular formula is C57H69N7O15. The number of carbonyl (C=O) groups is 3. The van der Waals surface area contributed by atoms with E-state index in [1.807, 2.05) is 95.9 Å². The van der Waals surface area contributed by atoms with Crippen LogP contribution in [0.25, 0.3) is 0 Å². The van der Waals surface area contributed by atoms with Crippen LogP contribution in [-0.4, -0.2) is 150 Å². The number of amides is 3. The standard InChI is InChI=1S/C57H69N7O15/c65-31-37-74-34-28-62-22-16-46(68)52(77-40-43-10-4-1-5-11-43)49(62)55(71)58-19-25-61(26-20-59-56(72)50-53(78-41-44-12-6-2-7-13-44)47(69)17-23-63(50)29-35-75-38-32-66)27-21-60-57(73)51-54(79-42-45-14-8-3-9-15-45)48(70)18-24-64(51)30-36-76-39-33-67/h1-18,22-24,65-67H,19-21,25-42H2,(H,58,71)(H,59,72)(H,60,73). The summed E-state index contributed by atoms with van der Waals surface area (Å²) in [7, 11) is 0. The van der Waals surface area contributed by atoms with E-state index in [9.17, 15) is 44.1 Å². The predicted molar refractivity (Wildman–Crippen MR) is 292 cm³/mol. The smallest absolute Gasteiger partial charge is 0.271 e. The summed E-state index contributed by atoms with van der Waals surface area (Å²) < 4.78 is 39.1. The molecule has 422 valence electrons. The molecule has 79 heavy (non-hydrogen) atoms. The molecule has 0 fully saturated rings. The first kappa shape index (κ1) is 60.3. The molecule has 0 unspecified atom stereocenters. The Morgan fingerprint density at radius 1 is 0.405 bits per heavy atom. The summed E-state index contributed by atoms with van der Waals surface area (Å²) in [5.74, 6) is -2.43. The second kappa shape index (κ2) is 33.4. The lowest BCUT2D eigenvalue weighted by Gasteiger charge is -2.24. The van der Waals surface area contributed by atoms with Crippen LogP contribution >= 0.6 is 0 Å². The molecule has 0 spiro atoms. The van der Waals surface area contributed by atoms with E-state index in [4.69, 9.17) is 28.4 Å². The van der Waals surface area contributed by atoms with Crippen LogP contribution in [0.3, 0.4) is 0 Å². The second-order valence-electron chi connectivity index (χ2n) is 17.6. The molecule has 0 bridgehead atoms. The van der Waals surface area contributed by atoms with Gasteiger partial charge < -0.3 is 73.4 Å². The average molecular weight is 1090 g/mol. The number of carbonyl (C=O) groups excluding carboxylic acids is 3. The van der Waals surface area contributed by atoms with Crippen LogP contribution in [0, 0.1) is 0 Å². The van der Waals surface area contributed by atoms with E-state index >= 15 is 0 Å². The molecule has 0 aliphatic heterocycles. The van der Waals surface area contributed by atoms with E-state index in [2.05, 4.69) is 16.0 Å². The first-order valence-corrected chi connectivity index (χ1v) is 25.9. The number of ether oxygens (including phenoxy) is 6. The van der Waals surface area contributed by atoms with Gasteiger partial charge in [0.05, 0.1) is 59.5 Å². The molecule has 0 saturated carbocycles. The summed E-state index contributed by atoms with van der Waals surface area (Å²) >= 11 is 0. The molecule has 6 N–H and O–H groups in total. The highest BCUT2D eigenvalue weighted by Crippen LogP contribution is 2.19. The highest BCUT2D eigenvalue weighted by Gasteiger charge is 2.24. The first-order chi connectivity index (χ1) is 38.6. The third-order valence-corrected chi connectivity index (χ3v) is 12.0. The zero-order valence-corrected chi connectivity index (χ0v) is 44.0. The van der Waals surface area contributed by atoms with E-state index in [0.29, 0.717) is 0 Å². The van der Waals surface area contributed by atoms with Gasteiger partial charge in [0.25, 0.3) is 17.7 Å². The molecule has 3 aromatic carbocycles. The molecule has 0 aliphatic rings. The molecule has 6 rings (SSSR count). The molecule has 6 aromatic rings. The maximum Gasteiger partial charge on any atom is 0.271 e. The summed E-state index contributed by atoms with van der Waals surface area (Å²) in [6.45, 7) is 0.776. The number of nitrogens with zero attached hydrogens (tertiary/aromatic N) is 4. The van der Waals surface area contributed by atoms with Gasteiger partial charge in [-0.05, 0) is 16.7 Å². The zero-order valence-electron chi connectivity index (χ0n) is 44.0. The minimum Gasteiger partial charge on any atom is -0.483 e. The van der Waals surface area contributed by atoms with E-state index in [-0.39, 0.29) is 173 Å². The van der Waals surface area contributed by atoms with Gasteiger partial charge in [0, 0.05) is 95.7 Å². The van der Waals surface area contributed by atoms with Crippen molar-refractivity contribution in [3.63, 3.8) is 0 Å². The number of hydrogen-bond acceptors (Lipinski definition) is 16. The number of hydrogen-bond donors (Lipinski definition) is 6. The largest absolute Gasteiger partial charge is 0.483 e. The molecule has 0 radical (unpaired) electrons. The van der Waals surface area contributed by atoms with Crippen molar-refractivity contribution in [3.05, 3.63) is 192 Å². The van der Waals surface area contributed by atoms with Crippen molar-refractivity contribution in [2.75, 3.05) is 98.7 Å². The highest BCUT2D eigenvalue weighted by molar-refractivity contribution is 5.96. The van der Waals surface area contributed by atoms with Gasteiger partial charge in [0.2, 0.25) is 16.3 Å². The molecular weight excluding hydrogens is 1020 g/mol. The Morgan fingerprint density at radius 3 is 0.949 bits per heavy atom. The number of aliphatic hydroxyl groups is 3. The second-order valence-corrected chi connectivity index (χ2v) is 17.6. The molecule has 3 amide bonds. The monoisotopic (exact) mass is 1090 g/mol. The van der Waals surface area contributed by atoms with Gasteiger partial charge in [-0.1, -0.05) is 91.0 Å². The van der Waals surface area contributed by atoms with Crippen molar-refractivity contribution in [1.29, 1.82) is 0 Å². The van der Waals surface area contributed by atoms with Crippen LogP contribution < -0.4 is 46.4 Å². The number of aromatic nitrogens is 3. The summed E-state index contributed by atoms with van der Waals surface area (Å²) in [6, 6.07) is 31.3. The van der Waals surface area contributed by atoms with Crippen molar-refractivity contribution in [1.82, 2.24) is 34.6 Å². The maximum atomic E-state index is 14.2. The van der Waals surface area contributed by atoms with Crippen LogP contribution in [0.2, 0.25) is 0 Å². The van der Waals surface area contributed by atoms with Crippen molar-refractivity contribution in [3.8, 4) is 17.2 Å². The zero-order chi connectivity index (χ0) is 56.0. The van der Waals surface area contributed by atoms with Gasteiger partial charge >= 0.3 is 0 Å². The number of aliphatic hydroxyl groups excluding tert-OH is 3. The van der Waals surface area contributed by atoms with Gasteiger partial charge in [-0.2, -0.15) is 0 Å². The minimum absolute atomic E-state index is 0.00109. The van der Waals surface area contributed by atoms with E-state index < -0.39 is 34.0 Å². The fraction of sp³-hybridized carbons (Fsp3) is 0.368. The Balaban J connectivity index is 1.23. The normalized spacial score (nSPS) is 11.1. The Morgan fingerprint density at radius 2 is 0.684 bits per heavy atom. The summed E-state index contributed by atoms with van der Waals surface area (Å²) in [6.07, 6.45) is 4.39. The predicted octanol–water partition coefficient (Wildman–Crippen LogP) is 1.83. The van der Waals surface area contributed by atoms with Gasteiger partial charge in [-0.15, -0.1) is 0 Å². The number of rotatable bonds is 36. The van der Waals surface area contributed by atoms with E-state index in [1.54, 1.807) is 0 Å². The Hall–Kier alpha value is -7.96. The van der Waals surface area contributed by atoms with Gasteiger partial charge in [0.15, 0.2) is 34.3 Å². The van der Waals surface area contributed by atoms with Gasteiger partial charge in [-0.25, -0.2) is 0 Å². The number of benzene rings is 3. The van der Waals surface area contributed by atoms with Crippen molar-refractivity contribution < 1.29 is 58.1 Å². The summed E-state index contributed by atoms with van der Waals surface area (Å²) in [5, 5.41) is 36.5. The van der Waals surface area contributed by atoms with Crippen LogP contribution in [0.1, 0.15) is 48.2 Å². The Labute approximate surface area is 456 Å². The fourth-order valence-corrected chi connectivity index (χ4v) is 8.09. The van der Waals surface area contributed by atoms with E-state index in [1.165, 1.54) is 50.5 Å². The Kier molecular flexibility index (Phi) is 25.4. The van der Waals surface area contributed by atoms with E-state index in [0.717, 1.165) is 16.7 Å². The van der Waals surface area contributed by atoms with Crippen molar-refractivity contribution >= 4 is 17.7 Å². The summed E-state index contributed by atoms with van der Waals surface area (Å²) in [4.78, 5) is 84.7. The van der Waals surface area contributed by atoms with Gasteiger partial charge in [0.1, 0.15) is 19.8 Å². The number of pyridine rings is 3. The molecule has 3 aromatic heterocycles. The lowest BCUT2D eigenvalue weighted by molar-refractivity contribution is 0.0839. The molecule has 0 saturated heterocycles. The molecule has 22 nitrogen and oxygen atoms in total. The van der Waals surface area contributed by atoms with Crippen molar-refractivity contribution in [2.45, 2.75) is 39.5 Å². The third kappa shape index (κ3) is 19.2. The third-order valence-electron chi connectivity index (χ3n) is 12.0. The quantitative estimate of drug-likeness (QED) is 0.0307. The number of nitrogens with one attached hydrogen (secondary N) is 3.